The van der Waals surface area contributed by atoms with Gasteiger partial charge < -0.3 is 15.4 Å². The molecule has 1 aliphatic heterocycles. The Kier molecular flexibility index (Phi) is 4.05. The van der Waals surface area contributed by atoms with E-state index in [4.69, 9.17) is 10.5 Å². The van der Waals surface area contributed by atoms with E-state index in [1.807, 2.05) is 11.8 Å². The highest BCUT2D eigenvalue weighted by Gasteiger charge is 2.38. The molecule has 98 valence electrons. The maximum absolute atomic E-state index is 12.3. The second kappa shape index (κ2) is 5.36. The summed E-state index contributed by atoms with van der Waals surface area (Å²) < 4.78 is 5.56. The first-order chi connectivity index (χ1) is 8.15. The number of carbonyl (C=O) groups is 1. The predicted molar refractivity (Wildman–Crippen MR) is 66.6 cm³/mol. The Hall–Kier alpha value is -0.610. The third-order valence-corrected chi connectivity index (χ3v) is 4.18. The highest BCUT2D eigenvalue weighted by atomic mass is 16.5. The lowest BCUT2D eigenvalue weighted by Crippen LogP contribution is -2.44. The normalized spacial score (nSPS) is 28.4. The lowest BCUT2D eigenvalue weighted by molar-refractivity contribution is -0.135. The number of ether oxygens (including phenoxy) is 1. The van der Waals surface area contributed by atoms with Gasteiger partial charge >= 0.3 is 0 Å². The quantitative estimate of drug-likeness (QED) is 0.805. The molecule has 0 aromatic heterocycles. The van der Waals surface area contributed by atoms with Crippen molar-refractivity contribution in [2.24, 2.45) is 11.1 Å². The molecular formula is C13H24N2O2. The number of hydrogen-bond donors (Lipinski definition) is 1. The minimum Gasteiger partial charge on any atom is -0.377 e. The molecule has 0 aromatic carbocycles. The fraction of sp³-hybridized carbons (Fsp3) is 0.923. The van der Waals surface area contributed by atoms with E-state index in [1.54, 1.807) is 0 Å². The standard InChI is InChI=1S/C13H24N2O2/c1-11-9-15(6-3-7-17-11)12(16)8-13(10-14)4-2-5-13/h11H,2-10,14H2,1H3. The Bertz CT molecular complexity index is 271. The van der Waals surface area contributed by atoms with E-state index in [-0.39, 0.29) is 17.4 Å². The fourth-order valence-corrected chi connectivity index (χ4v) is 2.78. The third kappa shape index (κ3) is 2.99. The molecule has 2 N–H and O–H groups in total. The summed E-state index contributed by atoms with van der Waals surface area (Å²) >= 11 is 0. The van der Waals surface area contributed by atoms with Crippen LogP contribution in [-0.2, 0) is 9.53 Å². The molecule has 0 bridgehead atoms. The lowest BCUT2D eigenvalue weighted by atomic mass is 9.66. The summed E-state index contributed by atoms with van der Waals surface area (Å²) in [4.78, 5) is 14.2. The van der Waals surface area contributed by atoms with Crippen LogP contribution in [0.2, 0.25) is 0 Å². The van der Waals surface area contributed by atoms with E-state index in [0.717, 1.165) is 39.0 Å². The Balaban J connectivity index is 1.89. The predicted octanol–water partition coefficient (Wildman–Crippen LogP) is 1.14. The number of carbonyl (C=O) groups excluding carboxylic acids is 1. The van der Waals surface area contributed by atoms with Crippen LogP contribution >= 0.6 is 0 Å². The second-order valence-corrected chi connectivity index (χ2v) is 5.61. The van der Waals surface area contributed by atoms with Crippen LogP contribution in [0.5, 0.6) is 0 Å². The first-order valence-corrected chi connectivity index (χ1v) is 6.75. The Morgan fingerprint density at radius 2 is 2.24 bits per heavy atom. The SMILES string of the molecule is CC1CN(C(=O)CC2(CN)CCC2)CCCO1. The maximum Gasteiger partial charge on any atom is 0.223 e. The molecule has 0 spiro atoms. The summed E-state index contributed by atoms with van der Waals surface area (Å²) in [5.41, 5.74) is 5.93. The fourth-order valence-electron chi connectivity index (χ4n) is 2.78. The summed E-state index contributed by atoms with van der Waals surface area (Å²) in [6.45, 7) is 5.03. The van der Waals surface area contributed by atoms with E-state index < -0.39 is 0 Å². The van der Waals surface area contributed by atoms with Crippen LogP contribution in [0.25, 0.3) is 0 Å². The molecule has 1 atom stereocenters. The van der Waals surface area contributed by atoms with Crippen molar-refractivity contribution in [1.82, 2.24) is 4.90 Å². The number of nitrogens with zero attached hydrogens (tertiary/aromatic N) is 1. The lowest BCUT2D eigenvalue weighted by Gasteiger charge is -2.41. The zero-order valence-electron chi connectivity index (χ0n) is 10.8. The minimum absolute atomic E-state index is 0.119. The summed E-state index contributed by atoms with van der Waals surface area (Å²) in [6, 6.07) is 0. The third-order valence-electron chi connectivity index (χ3n) is 4.18. The molecule has 1 amide bonds. The van der Waals surface area contributed by atoms with Gasteiger partial charge in [-0.05, 0) is 38.1 Å². The van der Waals surface area contributed by atoms with Crippen LogP contribution in [0, 0.1) is 5.41 Å². The van der Waals surface area contributed by atoms with Crippen LogP contribution in [-0.4, -0.2) is 43.2 Å². The van der Waals surface area contributed by atoms with Crippen molar-refractivity contribution in [3.05, 3.63) is 0 Å². The molecule has 2 rings (SSSR count). The largest absolute Gasteiger partial charge is 0.377 e. The Morgan fingerprint density at radius 1 is 1.47 bits per heavy atom. The molecule has 4 heteroatoms. The maximum atomic E-state index is 12.3. The van der Waals surface area contributed by atoms with Crippen molar-refractivity contribution < 1.29 is 9.53 Å². The molecule has 2 fully saturated rings. The van der Waals surface area contributed by atoms with Gasteiger partial charge in [0.2, 0.25) is 5.91 Å². The zero-order valence-corrected chi connectivity index (χ0v) is 10.8. The monoisotopic (exact) mass is 240 g/mol. The summed E-state index contributed by atoms with van der Waals surface area (Å²) in [5, 5.41) is 0. The van der Waals surface area contributed by atoms with Crippen molar-refractivity contribution in [1.29, 1.82) is 0 Å². The molecule has 1 unspecified atom stereocenters. The van der Waals surface area contributed by atoms with Gasteiger partial charge in [0.25, 0.3) is 0 Å². The second-order valence-electron chi connectivity index (χ2n) is 5.61. The minimum atomic E-state index is 0.119. The van der Waals surface area contributed by atoms with Crippen molar-refractivity contribution in [2.45, 2.75) is 45.1 Å². The van der Waals surface area contributed by atoms with Crippen molar-refractivity contribution >= 4 is 5.91 Å². The van der Waals surface area contributed by atoms with Crippen LogP contribution in [0.4, 0.5) is 0 Å². The summed E-state index contributed by atoms with van der Waals surface area (Å²) in [6.07, 6.45) is 5.22. The number of hydrogen-bond acceptors (Lipinski definition) is 3. The highest BCUT2D eigenvalue weighted by Crippen LogP contribution is 2.43. The number of nitrogens with two attached hydrogens (primary N) is 1. The van der Waals surface area contributed by atoms with Crippen molar-refractivity contribution in [3.8, 4) is 0 Å². The average Bonchev–Trinajstić information content (AvgIpc) is 2.48. The van der Waals surface area contributed by atoms with Gasteiger partial charge in [0.1, 0.15) is 0 Å². The van der Waals surface area contributed by atoms with Crippen LogP contribution in [0.1, 0.15) is 39.0 Å². The smallest absolute Gasteiger partial charge is 0.223 e. The molecule has 1 saturated heterocycles. The molecule has 0 aromatic rings. The van der Waals surface area contributed by atoms with Gasteiger partial charge in [-0.1, -0.05) is 6.42 Å². The van der Waals surface area contributed by atoms with Gasteiger partial charge in [-0.15, -0.1) is 0 Å². The van der Waals surface area contributed by atoms with E-state index in [9.17, 15) is 4.79 Å². The van der Waals surface area contributed by atoms with Crippen LogP contribution < -0.4 is 5.73 Å². The van der Waals surface area contributed by atoms with Crippen LogP contribution in [0.3, 0.4) is 0 Å². The molecule has 1 saturated carbocycles. The van der Waals surface area contributed by atoms with E-state index in [1.165, 1.54) is 6.42 Å². The van der Waals surface area contributed by atoms with Gasteiger partial charge in [0.15, 0.2) is 0 Å². The van der Waals surface area contributed by atoms with Gasteiger partial charge in [-0.3, -0.25) is 4.79 Å². The highest BCUT2D eigenvalue weighted by molar-refractivity contribution is 5.77. The molecule has 1 heterocycles. The number of rotatable bonds is 3. The number of amides is 1. The summed E-state index contributed by atoms with van der Waals surface area (Å²) in [5.74, 6) is 0.271. The zero-order chi connectivity index (χ0) is 12.3. The molecule has 2 aliphatic rings. The first kappa shape index (κ1) is 12.8. The van der Waals surface area contributed by atoms with Crippen LogP contribution in [0.15, 0.2) is 0 Å². The van der Waals surface area contributed by atoms with Crippen molar-refractivity contribution in [2.75, 3.05) is 26.2 Å². The molecule has 1 aliphatic carbocycles. The summed E-state index contributed by atoms with van der Waals surface area (Å²) in [7, 11) is 0. The van der Waals surface area contributed by atoms with E-state index >= 15 is 0 Å². The van der Waals surface area contributed by atoms with E-state index in [2.05, 4.69) is 0 Å². The Labute approximate surface area is 103 Å². The van der Waals surface area contributed by atoms with Crippen molar-refractivity contribution in [3.63, 3.8) is 0 Å². The first-order valence-electron chi connectivity index (χ1n) is 6.75. The average molecular weight is 240 g/mol. The molecule has 0 radical (unpaired) electrons. The van der Waals surface area contributed by atoms with Gasteiger partial charge in [-0.2, -0.15) is 0 Å². The molecular weight excluding hydrogens is 216 g/mol. The Morgan fingerprint density at radius 3 is 2.82 bits per heavy atom. The van der Waals surface area contributed by atoms with Gasteiger partial charge in [0, 0.05) is 26.1 Å². The molecule has 4 nitrogen and oxygen atoms in total. The van der Waals surface area contributed by atoms with Gasteiger partial charge in [-0.25, -0.2) is 0 Å². The van der Waals surface area contributed by atoms with E-state index in [0.29, 0.717) is 13.0 Å². The topological polar surface area (TPSA) is 55.6 Å². The molecule has 17 heavy (non-hydrogen) atoms. The van der Waals surface area contributed by atoms with Gasteiger partial charge in [0.05, 0.1) is 6.10 Å².